The summed E-state index contributed by atoms with van der Waals surface area (Å²) < 4.78 is 18.0. The minimum absolute atomic E-state index is 0.0319. The number of morpholine rings is 1. The van der Waals surface area contributed by atoms with Crippen LogP contribution in [0.25, 0.3) is 0 Å². The van der Waals surface area contributed by atoms with Gasteiger partial charge in [-0.3, -0.25) is 4.21 Å². The van der Waals surface area contributed by atoms with E-state index in [4.69, 9.17) is 10.5 Å². The molecule has 0 aliphatic carbocycles. The lowest BCUT2D eigenvalue weighted by molar-refractivity contribution is -0.00640. The van der Waals surface area contributed by atoms with Crippen LogP contribution in [0.2, 0.25) is 0 Å². The molecule has 1 fully saturated rings. The van der Waals surface area contributed by atoms with Crippen LogP contribution < -0.4 is 5.73 Å². The average Bonchev–Trinajstić information content (AvgIpc) is 2.32. The van der Waals surface area contributed by atoms with E-state index in [0.717, 1.165) is 23.5 Å². The molecule has 1 aromatic carbocycles. The van der Waals surface area contributed by atoms with Crippen molar-refractivity contribution in [1.29, 1.82) is 0 Å². The van der Waals surface area contributed by atoms with Gasteiger partial charge in [-0.05, 0) is 31.7 Å². The van der Waals surface area contributed by atoms with Crippen molar-refractivity contribution in [2.45, 2.75) is 17.9 Å². The Labute approximate surface area is 111 Å². The van der Waals surface area contributed by atoms with Crippen molar-refractivity contribution in [2.24, 2.45) is 0 Å². The second-order valence-corrected chi connectivity index (χ2v) is 6.27. The van der Waals surface area contributed by atoms with Gasteiger partial charge in [0.2, 0.25) is 0 Å². The lowest BCUT2D eigenvalue weighted by Gasteiger charge is -2.29. The molecule has 0 radical (unpaired) electrons. The molecule has 1 saturated heterocycles. The van der Waals surface area contributed by atoms with Gasteiger partial charge >= 0.3 is 0 Å². The zero-order valence-electron chi connectivity index (χ0n) is 10.9. The predicted octanol–water partition coefficient (Wildman–Crippen LogP) is 1.02. The fourth-order valence-electron chi connectivity index (χ4n) is 2.07. The molecule has 5 heteroatoms. The maximum Gasteiger partial charge on any atom is 0.0821 e. The molecular weight excluding hydrogens is 248 g/mol. The van der Waals surface area contributed by atoms with Crippen LogP contribution in [0, 0.1) is 6.92 Å². The molecule has 1 aliphatic rings. The highest BCUT2D eigenvalue weighted by Gasteiger charge is 2.21. The molecule has 2 N–H and O–H groups in total. The van der Waals surface area contributed by atoms with Gasteiger partial charge in [0.25, 0.3) is 0 Å². The number of anilines is 1. The zero-order chi connectivity index (χ0) is 13.1. The van der Waals surface area contributed by atoms with Crippen molar-refractivity contribution >= 4 is 16.5 Å². The second kappa shape index (κ2) is 5.82. The maximum atomic E-state index is 12.3. The molecule has 1 aromatic rings. The lowest BCUT2D eigenvalue weighted by atomic mass is 10.2. The summed E-state index contributed by atoms with van der Waals surface area (Å²) in [6.07, 6.45) is 0.0319. The highest BCUT2D eigenvalue weighted by molar-refractivity contribution is 7.85. The Bertz CT molecular complexity index is 451. The summed E-state index contributed by atoms with van der Waals surface area (Å²) in [5.41, 5.74) is 7.56. The number of rotatable bonds is 3. The Kier molecular flexibility index (Phi) is 4.37. The molecule has 2 atom stereocenters. The van der Waals surface area contributed by atoms with Crippen LogP contribution in [0.3, 0.4) is 0 Å². The standard InChI is InChI=1S/C13H20N2O2S/c1-10-3-4-12(14)13(7-10)18(16)9-11-8-15(2)5-6-17-11/h3-4,7,11H,5-6,8-9,14H2,1-2H3. The minimum Gasteiger partial charge on any atom is -0.398 e. The van der Waals surface area contributed by atoms with Crippen molar-refractivity contribution < 1.29 is 8.95 Å². The van der Waals surface area contributed by atoms with E-state index >= 15 is 0 Å². The molecule has 0 bridgehead atoms. The normalized spacial score (nSPS) is 22.9. The third-order valence-corrected chi connectivity index (χ3v) is 4.61. The lowest BCUT2D eigenvalue weighted by Crippen LogP contribution is -2.42. The fourth-order valence-corrected chi connectivity index (χ4v) is 3.43. The Hall–Kier alpha value is -0.910. The summed E-state index contributed by atoms with van der Waals surface area (Å²) >= 11 is 0. The summed E-state index contributed by atoms with van der Waals surface area (Å²) in [5.74, 6) is 0.512. The van der Waals surface area contributed by atoms with Gasteiger partial charge < -0.3 is 15.4 Å². The number of nitrogens with two attached hydrogens (primary N) is 1. The topological polar surface area (TPSA) is 55.6 Å². The summed E-state index contributed by atoms with van der Waals surface area (Å²) in [5, 5.41) is 0. The van der Waals surface area contributed by atoms with Crippen LogP contribution in [0.1, 0.15) is 5.56 Å². The number of hydrogen-bond acceptors (Lipinski definition) is 4. The van der Waals surface area contributed by atoms with Gasteiger partial charge in [0.1, 0.15) is 0 Å². The molecule has 100 valence electrons. The highest BCUT2D eigenvalue weighted by atomic mass is 32.2. The Morgan fingerprint density at radius 2 is 2.33 bits per heavy atom. The summed E-state index contributed by atoms with van der Waals surface area (Å²) in [6.45, 7) is 4.46. The van der Waals surface area contributed by atoms with Crippen molar-refractivity contribution in [3.8, 4) is 0 Å². The molecular formula is C13H20N2O2S. The van der Waals surface area contributed by atoms with E-state index in [1.165, 1.54) is 0 Å². The molecule has 0 amide bonds. The summed E-state index contributed by atoms with van der Waals surface area (Å²) in [4.78, 5) is 2.93. The van der Waals surface area contributed by atoms with Crippen LogP contribution in [-0.4, -0.2) is 47.7 Å². The van der Waals surface area contributed by atoms with Gasteiger partial charge in [-0.25, -0.2) is 0 Å². The Morgan fingerprint density at radius 3 is 3.06 bits per heavy atom. The molecule has 0 saturated carbocycles. The first-order valence-electron chi connectivity index (χ1n) is 6.11. The molecule has 18 heavy (non-hydrogen) atoms. The van der Waals surface area contributed by atoms with Crippen LogP contribution in [-0.2, 0) is 15.5 Å². The molecule has 4 nitrogen and oxygen atoms in total. The van der Waals surface area contributed by atoms with E-state index in [1.807, 2.05) is 25.1 Å². The quantitative estimate of drug-likeness (QED) is 0.832. The Balaban J connectivity index is 2.05. The highest BCUT2D eigenvalue weighted by Crippen LogP contribution is 2.19. The van der Waals surface area contributed by atoms with Crippen molar-refractivity contribution in [2.75, 3.05) is 38.2 Å². The van der Waals surface area contributed by atoms with E-state index in [2.05, 4.69) is 11.9 Å². The smallest absolute Gasteiger partial charge is 0.0821 e. The molecule has 1 aliphatic heterocycles. The number of hydrogen-bond donors (Lipinski definition) is 1. The Morgan fingerprint density at radius 1 is 1.56 bits per heavy atom. The van der Waals surface area contributed by atoms with E-state index in [1.54, 1.807) is 0 Å². The van der Waals surface area contributed by atoms with E-state index in [9.17, 15) is 4.21 Å². The number of aryl methyl sites for hydroxylation is 1. The SMILES string of the molecule is Cc1ccc(N)c(S(=O)CC2CN(C)CCO2)c1. The van der Waals surface area contributed by atoms with Gasteiger partial charge in [0, 0.05) is 18.8 Å². The first-order chi connectivity index (χ1) is 8.56. The van der Waals surface area contributed by atoms with Crippen LogP contribution >= 0.6 is 0 Å². The van der Waals surface area contributed by atoms with Crippen molar-refractivity contribution in [3.63, 3.8) is 0 Å². The van der Waals surface area contributed by atoms with E-state index in [0.29, 0.717) is 18.0 Å². The van der Waals surface area contributed by atoms with Gasteiger partial charge in [-0.1, -0.05) is 6.07 Å². The molecule has 1 heterocycles. The van der Waals surface area contributed by atoms with Crippen LogP contribution in [0.15, 0.2) is 23.1 Å². The molecule has 2 unspecified atom stereocenters. The first-order valence-corrected chi connectivity index (χ1v) is 7.43. The van der Waals surface area contributed by atoms with Gasteiger partial charge in [0.15, 0.2) is 0 Å². The number of benzene rings is 1. The maximum absolute atomic E-state index is 12.3. The monoisotopic (exact) mass is 268 g/mol. The van der Waals surface area contributed by atoms with E-state index < -0.39 is 10.8 Å². The molecule has 0 spiro atoms. The summed E-state index contributed by atoms with van der Waals surface area (Å²) in [6, 6.07) is 5.65. The molecule has 0 aromatic heterocycles. The fraction of sp³-hybridized carbons (Fsp3) is 0.538. The number of ether oxygens (including phenoxy) is 1. The van der Waals surface area contributed by atoms with Crippen LogP contribution in [0.5, 0.6) is 0 Å². The largest absolute Gasteiger partial charge is 0.398 e. The summed E-state index contributed by atoms with van der Waals surface area (Å²) in [7, 11) is 0.961. The number of nitrogens with zero attached hydrogens (tertiary/aromatic N) is 1. The second-order valence-electron chi connectivity index (χ2n) is 4.81. The first kappa shape index (κ1) is 13.5. The number of likely N-dealkylation sites (N-methyl/N-ethyl adjacent to an activating group) is 1. The third kappa shape index (κ3) is 3.31. The van der Waals surface area contributed by atoms with Crippen molar-refractivity contribution in [1.82, 2.24) is 4.90 Å². The van der Waals surface area contributed by atoms with Gasteiger partial charge in [0.05, 0.1) is 34.2 Å². The minimum atomic E-state index is -1.09. The zero-order valence-corrected chi connectivity index (χ0v) is 11.7. The van der Waals surface area contributed by atoms with Crippen LogP contribution in [0.4, 0.5) is 5.69 Å². The predicted molar refractivity (Wildman–Crippen MR) is 74.1 cm³/mol. The molecule has 2 rings (SSSR count). The third-order valence-electron chi connectivity index (χ3n) is 3.09. The van der Waals surface area contributed by atoms with Gasteiger partial charge in [-0.15, -0.1) is 0 Å². The van der Waals surface area contributed by atoms with Gasteiger partial charge in [-0.2, -0.15) is 0 Å². The van der Waals surface area contributed by atoms with E-state index in [-0.39, 0.29) is 6.10 Å². The number of nitrogen functional groups attached to an aromatic ring is 1. The average molecular weight is 268 g/mol. The van der Waals surface area contributed by atoms with Crippen molar-refractivity contribution in [3.05, 3.63) is 23.8 Å².